The van der Waals surface area contributed by atoms with Crippen molar-refractivity contribution in [2.24, 2.45) is 7.05 Å². The Morgan fingerprint density at radius 1 is 1.19 bits per heavy atom. The van der Waals surface area contributed by atoms with Crippen molar-refractivity contribution in [3.05, 3.63) is 35.8 Å². The van der Waals surface area contributed by atoms with Crippen LogP contribution in [-0.4, -0.2) is 66.0 Å². The summed E-state index contributed by atoms with van der Waals surface area (Å²) in [7, 11) is 9.69. The number of fused-ring (bicyclic) bond motifs is 1. The quantitative estimate of drug-likeness (QED) is 0.393. The summed E-state index contributed by atoms with van der Waals surface area (Å²) in [6, 6.07) is 7.71. The van der Waals surface area contributed by atoms with Gasteiger partial charge in [-0.3, -0.25) is 4.68 Å². The number of hydrogen-bond acceptors (Lipinski definition) is 9. The molecule has 9 nitrogen and oxygen atoms in total. The Morgan fingerprint density at radius 2 is 2.00 bits per heavy atom. The largest absolute Gasteiger partial charge is 0.494 e. The molecule has 0 amide bonds. The summed E-state index contributed by atoms with van der Waals surface area (Å²) in [6.07, 6.45) is 1.72. The molecule has 3 N–H and O–H groups in total. The van der Waals surface area contributed by atoms with Crippen LogP contribution < -0.4 is 20.7 Å². The van der Waals surface area contributed by atoms with Crippen LogP contribution in [0.25, 0.3) is 21.6 Å². The van der Waals surface area contributed by atoms with Gasteiger partial charge in [0, 0.05) is 39.4 Å². The van der Waals surface area contributed by atoms with E-state index in [1.807, 2.05) is 51.1 Å². The van der Waals surface area contributed by atoms with Crippen LogP contribution in [0, 0.1) is 0 Å². The molecule has 0 aliphatic rings. The standard InChI is InChI=1S/C22H28N8OS/c1-28(2)9-10-29(3)18-13-19(31-5)16(12-14(18)23)26-22-24-8-6-15(25-22)20-21-17(7-11-32-21)30(4)27-20/h6-8,11-13H,9-10,23H2,1-5H3,(H,24,25,26). The first-order chi connectivity index (χ1) is 15.4. The second-order valence-electron chi connectivity index (χ2n) is 7.83. The molecule has 3 heterocycles. The lowest BCUT2D eigenvalue weighted by molar-refractivity contribution is 0.413. The minimum atomic E-state index is 0.448. The van der Waals surface area contributed by atoms with Crippen molar-refractivity contribution in [2.45, 2.75) is 0 Å². The van der Waals surface area contributed by atoms with Gasteiger partial charge >= 0.3 is 0 Å². The lowest BCUT2D eigenvalue weighted by atomic mass is 10.2. The summed E-state index contributed by atoms with van der Waals surface area (Å²) in [5.41, 5.74) is 11.3. The van der Waals surface area contributed by atoms with Crippen molar-refractivity contribution in [3.63, 3.8) is 0 Å². The van der Waals surface area contributed by atoms with Gasteiger partial charge in [0.25, 0.3) is 0 Å². The van der Waals surface area contributed by atoms with E-state index in [1.165, 1.54) is 0 Å². The van der Waals surface area contributed by atoms with E-state index in [9.17, 15) is 0 Å². The highest BCUT2D eigenvalue weighted by Gasteiger charge is 2.16. The van der Waals surface area contributed by atoms with Crippen molar-refractivity contribution < 1.29 is 4.74 Å². The zero-order valence-electron chi connectivity index (χ0n) is 19.0. The van der Waals surface area contributed by atoms with Crippen molar-refractivity contribution in [3.8, 4) is 17.1 Å². The minimum Gasteiger partial charge on any atom is -0.494 e. The molecule has 0 aliphatic carbocycles. The molecular weight excluding hydrogens is 424 g/mol. The molecule has 0 saturated heterocycles. The maximum absolute atomic E-state index is 6.38. The predicted octanol–water partition coefficient (Wildman–Crippen LogP) is 3.42. The van der Waals surface area contributed by atoms with Gasteiger partial charge in [-0.25, -0.2) is 9.97 Å². The molecule has 0 spiro atoms. The van der Waals surface area contributed by atoms with Crippen LogP contribution in [0.1, 0.15) is 0 Å². The number of nitrogens with one attached hydrogen (secondary N) is 1. The van der Waals surface area contributed by atoms with Gasteiger partial charge in [0.2, 0.25) is 5.95 Å². The molecule has 32 heavy (non-hydrogen) atoms. The zero-order valence-corrected chi connectivity index (χ0v) is 19.8. The fourth-order valence-electron chi connectivity index (χ4n) is 3.48. The maximum Gasteiger partial charge on any atom is 0.227 e. The van der Waals surface area contributed by atoms with Crippen molar-refractivity contribution in [1.82, 2.24) is 24.6 Å². The first-order valence-corrected chi connectivity index (χ1v) is 11.1. The minimum absolute atomic E-state index is 0.448. The number of nitrogen functional groups attached to an aromatic ring is 1. The fraction of sp³-hybridized carbons (Fsp3) is 0.318. The second kappa shape index (κ2) is 9.01. The number of nitrogens with zero attached hydrogens (tertiary/aromatic N) is 6. The van der Waals surface area contributed by atoms with Crippen molar-refractivity contribution in [1.29, 1.82) is 0 Å². The van der Waals surface area contributed by atoms with Crippen LogP contribution in [0.4, 0.5) is 23.0 Å². The topological polar surface area (TPSA) is 97.4 Å². The van der Waals surface area contributed by atoms with Gasteiger partial charge in [0.1, 0.15) is 11.4 Å². The molecule has 3 aromatic heterocycles. The summed E-state index contributed by atoms with van der Waals surface area (Å²) in [6.45, 7) is 1.77. The number of hydrogen-bond donors (Lipinski definition) is 2. The van der Waals surface area contributed by atoms with E-state index >= 15 is 0 Å². The van der Waals surface area contributed by atoms with Gasteiger partial charge in [-0.1, -0.05) is 0 Å². The van der Waals surface area contributed by atoms with E-state index in [1.54, 1.807) is 24.6 Å². The molecule has 0 fully saturated rings. The molecule has 0 atom stereocenters. The maximum atomic E-state index is 6.38. The molecule has 0 bridgehead atoms. The zero-order chi connectivity index (χ0) is 22.8. The molecule has 1 aromatic carbocycles. The molecule has 168 valence electrons. The van der Waals surface area contributed by atoms with Crippen LogP contribution in [0.5, 0.6) is 5.75 Å². The number of nitrogens with two attached hydrogens (primary N) is 1. The van der Waals surface area contributed by atoms with E-state index in [-0.39, 0.29) is 0 Å². The Bertz CT molecular complexity index is 1230. The second-order valence-corrected chi connectivity index (χ2v) is 8.75. The molecule has 4 rings (SSSR count). The summed E-state index contributed by atoms with van der Waals surface area (Å²) in [4.78, 5) is 13.3. The molecular formula is C22H28N8OS. The number of rotatable bonds is 8. The van der Waals surface area contributed by atoms with Gasteiger partial charge in [-0.2, -0.15) is 5.10 Å². The summed E-state index contributed by atoms with van der Waals surface area (Å²) in [5.74, 6) is 1.11. The van der Waals surface area contributed by atoms with Crippen molar-refractivity contribution >= 4 is 44.6 Å². The molecule has 10 heteroatoms. The molecule has 0 saturated carbocycles. The van der Waals surface area contributed by atoms with Gasteiger partial charge in [-0.15, -0.1) is 11.3 Å². The first-order valence-electron chi connectivity index (χ1n) is 10.2. The predicted molar refractivity (Wildman–Crippen MR) is 132 cm³/mol. The smallest absolute Gasteiger partial charge is 0.227 e. The fourth-order valence-corrected chi connectivity index (χ4v) is 4.39. The number of benzene rings is 1. The normalized spacial score (nSPS) is 11.3. The van der Waals surface area contributed by atoms with Crippen LogP contribution in [-0.2, 0) is 7.05 Å². The van der Waals surface area contributed by atoms with Crippen LogP contribution in [0.3, 0.4) is 0 Å². The Labute approximate surface area is 191 Å². The van der Waals surface area contributed by atoms with E-state index in [2.05, 4.69) is 41.6 Å². The Hall–Kier alpha value is -3.37. The highest BCUT2D eigenvalue weighted by Crippen LogP contribution is 2.36. The number of likely N-dealkylation sites (N-methyl/N-ethyl adjacent to an activating group) is 2. The third kappa shape index (κ3) is 4.32. The Kier molecular flexibility index (Phi) is 6.15. The van der Waals surface area contributed by atoms with Crippen LogP contribution >= 0.6 is 11.3 Å². The highest BCUT2D eigenvalue weighted by atomic mass is 32.1. The molecule has 0 unspecified atom stereocenters. The number of aromatic nitrogens is 4. The highest BCUT2D eigenvalue weighted by molar-refractivity contribution is 7.17. The number of ether oxygens (including phenoxy) is 1. The van der Waals surface area contributed by atoms with Gasteiger partial charge in [-0.05, 0) is 37.7 Å². The SMILES string of the molecule is COc1cc(N(C)CCN(C)C)c(N)cc1Nc1nccc(-c2nn(C)c3ccsc23)n1. The third-order valence-corrected chi connectivity index (χ3v) is 6.16. The lowest BCUT2D eigenvalue weighted by Crippen LogP contribution is -2.29. The molecule has 0 radical (unpaired) electrons. The van der Waals surface area contributed by atoms with E-state index in [4.69, 9.17) is 10.5 Å². The average Bonchev–Trinajstić information content (AvgIpc) is 3.36. The van der Waals surface area contributed by atoms with E-state index < -0.39 is 0 Å². The first kappa shape index (κ1) is 21.8. The average molecular weight is 453 g/mol. The van der Waals surface area contributed by atoms with Gasteiger partial charge in [0.05, 0.1) is 40.1 Å². The summed E-state index contributed by atoms with van der Waals surface area (Å²) in [5, 5.41) is 9.94. The van der Waals surface area contributed by atoms with Crippen LogP contribution in [0.15, 0.2) is 35.8 Å². The monoisotopic (exact) mass is 452 g/mol. The third-order valence-electron chi connectivity index (χ3n) is 5.25. The van der Waals surface area contributed by atoms with Crippen molar-refractivity contribution in [2.75, 3.05) is 57.3 Å². The Balaban J connectivity index is 1.62. The number of anilines is 4. The lowest BCUT2D eigenvalue weighted by Gasteiger charge is -2.24. The van der Waals surface area contributed by atoms with Gasteiger partial charge < -0.3 is 25.6 Å². The number of thiophene rings is 1. The van der Waals surface area contributed by atoms with E-state index in [0.29, 0.717) is 23.1 Å². The van der Waals surface area contributed by atoms with Crippen LogP contribution in [0.2, 0.25) is 0 Å². The van der Waals surface area contributed by atoms with Gasteiger partial charge in [0.15, 0.2) is 0 Å². The number of aryl methyl sites for hydroxylation is 1. The van der Waals surface area contributed by atoms with E-state index in [0.717, 1.165) is 40.4 Å². The Morgan fingerprint density at radius 3 is 2.75 bits per heavy atom. The number of methoxy groups -OCH3 is 1. The molecule has 0 aliphatic heterocycles. The summed E-state index contributed by atoms with van der Waals surface area (Å²) < 4.78 is 8.60. The molecule has 4 aromatic rings. The summed E-state index contributed by atoms with van der Waals surface area (Å²) >= 11 is 1.65.